The Balaban J connectivity index is 1.56. The van der Waals surface area contributed by atoms with Crippen LogP contribution in [-0.4, -0.2) is 75.0 Å². The maximum absolute atomic E-state index is 6.02. The molecule has 1 N–H and O–H groups in total. The number of aromatic amines is 1. The maximum atomic E-state index is 6.02. The van der Waals surface area contributed by atoms with E-state index in [1.54, 1.807) is 6.20 Å². The Kier molecular flexibility index (Phi) is 6.71. The minimum atomic E-state index is -1.16. The van der Waals surface area contributed by atoms with Crippen LogP contribution in [0.2, 0.25) is 25.7 Å². The van der Waals surface area contributed by atoms with E-state index in [1.807, 2.05) is 11.6 Å². The van der Waals surface area contributed by atoms with Gasteiger partial charge in [0, 0.05) is 26.8 Å². The number of nitrogens with zero attached hydrogens (tertiary/aromatic N) is 7. The summed E-state index contributed by atoms with van der Waals surface area (Å²) in [6.45, 7) is 14.5. The minimum absolute atomic E-state index is 0.224. The molecule has 4 aromatic rings. The third-order valence-corrected chi connectivity index (χ3v) is 8.69. The Hall–Kier alpha value is -2.67. The van der Waals surface area contributed by atoms with Crippen LogP contribution >= 0.6 is 11.5 Å². The number of hydrogen-bond donors (Lipinski definition) is 1. The molecule has 0 aromatic carbocycles. The van der Waals surface area contributed by atoms with Crippen molar-refractivity contribution in [2.24, 2.45) is 0 Å². The molecule has 0 radical (unpaired) electrons. The molecule has 10 nitrogen and oxygen atoms in total. The van der Waals surface area contributed by atoms with Crippen molar-refractivity contribution in [1.29, 1.82) is 0 Å². The normalized spacial score (nSPS) is 16.9. The topological polar surface area (TPSA) is 107 Å². The van der Waals surface area contributed by atoms with Crippen molar-refractivity contribution in [3.63, 3.8) is 0 Å². The van der Waals surface area contributed by atoms with Gasteiger partial charge in [-0.2, -0.15) is 24.9 Å². The lowest BCUT2D eigenvalue weighted by atomic mass is 10.1. The van der Waals surface area contributed by atoms with Crippen molar-refractivity contribution >= 4 is 35.6 Å². The van der Waals surface area contributed by atoms with Crippen molar-refractivity contribution in [3.05, 3.63) is 24.0 Å². The highest BCUT2D eigenvalue weighted by Crippen LogP contribution is 2.38. The number of H-pyrrole nitrogens is 1. The van der Waals surface area contributed by atoms with E-state index in [9.17, 15) is 0 Å². The van der Waals surface area contributed by atoms with E-state index in [0.29, 0.717) is 19.9 Å². The molecule has 186 valence electrons. The molecule has 35 heavy (non-hydrogen) atoms. The van der Waals surface area contributed by atoms with Gasteiger partial charge in [0.1, 0.15) is 29.5 Å². The van der Waals surface area contributed by atoms with Crippen molar-refractivity contribution < 1.29 is 9.47 Å². The highest BCUT2D eigenvalue weighted by molar-refractivity contribution is 7.14. The van der Waals surface area contributed by atoms with Crippen molar-refractivity contribution in [2.45, 2.75) is 52.3 Å². The number of rotatable bonds is 8. The molecule has 1 fully saturated rings. The van der Waals surface area contributed by atoms with Crippen LogP contribution in [0.4, 0.5) is 5.82 Å². The van der Waals surface area contributed by atoms with Gasteiger partial charge in [0.05, 0.1) is 41.5 Å². The fraction of sp³-hybridized carbons (Fsp3) is 0.522. The predicted molar refractivity (Wildman–Crippen MR) is 140 cm³/mol. The Labute approximate surface area is 209 Å². The molecule has 4 aromatic heterocycles. The summed E-state index contributed by atoms with van der Waals surface area (Å²) in [5.74, 6) is 0.891. The highest BCUT2D eigenvalue weighted by Gasteiger charge is 2.25. The zero-order valence-electron chi connectivity index (χ0n) is 20.9. The number of aryl methyl sites for hydroxylation is 1. The summed E-state index contributed by atoms with van der Waals surface area (Å²) in [5, 5.41) is 15.8. The van der Waals surface area contributed by atoms with E-state index < -0.39 is 8.07 Å². The second-order valence-corrected chi connectivity index (χ2v) is 16.6. The van der Waals surface area contributed by atoms with Gasteiger partial charge in [-0.15, -0.1) is 0 Å². The van der Waals surface area contributed by atoms with Gasteiger partial charge >= 0.3 is 0 Å². The molecule has 1 aliphatic rings. The Morgan fingerprint density at radius 3 is 2.89 bits per heavy atom. The summed E-state index contributed by atoms with van der Waals surface area (Å²) in [5.41, 5.74) is 5.22. The first kappa shape index (κ1) is 24.0. The highest BCUT2D eigenvalue weighted by atomic mass is 32.1. The van der Waals surface area contributed by atoms with Gasteiger partial charge in [0.25, 0.3) is 0 Å². The molecule has 1 saturated heterocycles. The molecule has 0 unspecified atom stereocenters. The lowest BCUT2D eigenvalue weighted by Crippen LogP contribution is -2.44. The number of hydrogen-bond acceptors (Lipinski definition) is 9. The Morgan fingerprint density at radius 2 is 2.14 bits per heavy atom. The molecule has 0 spiro atoms. The SMILES string of the molecule is Cc1cc(-c2nsc3c(-c4cn[nH]n4)cc(N4CCOC[C@H]4C)nc23)n(COCC[Si](C)(C)C)n1. The van der Waals surface area contributed by atoms with Crippen LogP contribution in [0.25, 0.3) is 32.9 Å². The Bertz CT molecular complexity index is 1300. The molecule has 0 bridgehead atoms. The largest absolute Gasteiger partial charge is 0.377 e. The first-order valence-corrected chi connectivity index (χ1v) is 16.4. The monoisotopic (exact) mass is 512 g/mol. The standard InChI is InChI=1S/C23H32N8O2SSi/c1-15-10-19(31(27-15)14-33-8-9-35(3,4)5)21-22-23(34-28-21)17(18-12-24-29-26-18)11-20(25-22)30-6-7-32-13-16(30)2/h10-12,16H,6-9,13-14H2,1-5H3,(H,24,26,29)/t16-/m1/s1. The smallest absolute Gasteiger partial charge is 0.140 e. The number of morpholine rings is 1. The van der Waals surface area contributed by atoms with Crippen LogP contribution in [0, 0.1) is 6.92 Å². The van der Waals surface area contributed by atoms with E-state index in [1.165, 1.54) is 11.5 Å². The first-order valence-electron chi connectivity index (χ1n) is 11.9. The van der Waals surface area contributed by atoms with Crippen LogP contribution in [0.1, 0.15) is 12.6 Å². The predicted octanol–water partition coefficient (Wildman–Crippen LogP) is 4.19. The van der Waals surface area contributed by atoms with Gasteiger partial charge in [-0.25, -0.2) is 9.67 Å². The molecular weight excluding hydrogens is 480 g/mol. The van der Waals surface area contributed by atoms with Crippen LogP contribution in [0.5, 0.6) is 0 Å². The van der Waals surface area contributed by atoms with Crippen LogP contribution < -0.4 is 4.90 Å². The molecule has 1 atom stereocenters. The third kappa shape index (κ3) is 5.15. The van der Waals surface area contributed by atoms with Gasteiger partial charge in [-0.1, -0.05) is 19.6 Å². The number of aromatic nitrogens is 7. The van der Waals surface area contributed by atoms with Crippen LogP contribution in [0.3, 0.4) is 0 Å². The second kappa shape index (κ2) is 9.76. The zero-order valence-corrected chi connectivity index (χ0v) is 22.7. The molecular formula is C23H32N8O2SSi. The molecule has 12 heteroatoms. The molecule has 1 aliphatic heterocycles. The zero-order chi connectivity index (χ0) is 24.6. The Morgan fingerprint density at radius 1 is 1.29 bits per heavy atom. The lowest BCUT2D eigenvalue weighted by Gasteiger charge is -2.34. The molecule has 5 rings (SSSR count). The van der Waals surface area contributed by atoms with Crippen LogP contribution in [0.15, 0.2) is 18.3 Å². The third-order valence-electron chi connectivity index (χ3n) is 6.12. The number of nitrogens with one attached hydrogen (secondary N) is 1. The molecule has 0 saturated carbocycles. The number of anilines is 1. The summed E-state index contributed by atoms with van der Waals surface area (Å²) in [4.78, 5) is 7.41. The average Bonchev–Trinajstić information content (AvgIpc) is 3.55. The van der Waals surface area contributed by atoms with Crippen molar-refractivity contribution in [1.82, 2.24) is 34.5 Å². The number of ether oxygens (including phenoxy) is 2. The van der Waals surface area contributed by atoms with Gasteiger partial charge < -0.3 is 14.4 Å². The average molecular weight is 513 g/mol. The summed E-state index contributed by atoms with van der Waals surface area (Å²) < 4.78 is 19.4. The first-order chi connectivity index (χ1) is 16.8. The van der Waals surface area contributed by atoms with Crippen molar-refractivity contribution in [2.75, 3.05) is 31.3 Å². The second-order valence-electron chi connectivity index (χ2n) is 10.2. The van der Waals surface area contributed by atoms with E-state index >= 15 is 0 Å². The van der Waals surface area contributed by atoms with Gasteiger partial charge in [0.2, 0.25) is 0 Å². The fourth-order valence-electron chi connectivity index (χ4n) is 4.18. The fourth-order valence-corrected chi connectivity index (χ4v) is 5.79. The quantitative estimate of drug-likeness (QED) is 0.277. The number of pyridine rings is 1. The van der Waals surface area contributed by atoms with E-state index in [-0.39, 0.29) is 6.04 Å². The molecule has 5 heterocycles. The summed E-state index contributed by atoms with van der Waals surface area (Å²) in [7, 11) is -1.16. The van der Waals surface area contributed by atoms with Crippen molar-refractivity contribution in [3.8, 4) is 22.6 Å². The summed E-state index contributed by atoms with van der Waals surface area (Å²) >= 11 is 1.43. The minimum Gasteiger partial charge on any atom is -0.377 e. The molecule has 0 amide bonds. The van der Waals surface area contributed by atoms with E-state index in [0.717, 1.165) is 63.6 Å². The molecule has 0 aliphatic carbocycles. The van der Waals surface area contributed by atoms with Gasteiger partial charge in [0.15, 0.2) is 0 Å². The number of fused-ring (bicyclic) bond motifs is 1. The van der Waals surface area contributed by atoms with E-state index in [4.69, 9.17) is 18.8 Å². The van der Waals surface area contributed by atoms with Gasteiger partial charge in [-0.3, -0.25) is 0 Å². The maximum Gasteiger partial charge on any atom is 0.140 e. The van der Waals surface area contributed by atoms with Gasteiger partial charge in [-0.05, 0) is 43.6 Å². The van der Waals surface area contributed by atoms with Crippen LogP contribution in [-0.2, 0) is 16.2 Å². The lowest BCUT2D eigenvalue weighted by molar-refractivity contribution is 0.0795. The summed E-state index contributed by atoms with van der Waals surface area (Å²) in [6.07, 6.45) is 1.74. The summed E-state index contributed by atoms with van der Waals surface area (Å²) in [6, 6.07) is 5.48. The van der Waals surface area contributed by atoms with E-state index in [2.05, 4.69) is 64.1 Å².